The van der Waals surface area contributed by atoms with Gasteiger partial charge in [-0.1, -0.05) is 29.6 Å². The fourth-order valence-corrected chi connectivity index (χ4v) is 5.39. The van der Waals surface area contributed by atoms with Gasteiger partial charge in [0, 0.05) is 37.3 Å². The number of likely N-dealkylation sites (tertiary alicyclic amines) is 1. The highest BCUT2D eigenvalue weighted by molar-refractivity contribution is 5.94. The van der Waals surface area contributed by atoms with E-state index in [2.05, 4.69) is 30.8 Å². The maximum atomic E-state index is 14.2. The number of amides is 2. The summed E-state index contributed by atoms with van der Waals surface area (Å²) in [5, 5.41) is 13.5. The fourth-order valence-electron chi connectivity index (χ4n) is 5.39. The number of hydrogen-bond donors (Lipinski definition) is 2. The predicted octanol–water partition coefficient (Wildman–Crippen LogP) is 3.63. The van der Waals surface area contributed by atoms with Crippen molar-refractivity contribution in [1.29, 1.82) is 0 Å². The maximum absolute atomic E-state index is 14.2. The number of carbonyl (C=O) groups is 2. The van der Waals surface area contributed by atoms with E-state index in [1.807, 2.05) is 0 Å². The van der Waals surface area contributed by atoms with Gasteiger partial charge in [-0.2, -0.15) is 4.98 Å². The summed E-state index contributed by atoms with van der Waals surface area (Å²) in [5.41, 5.74) is -0.0655. The molecule has 5 rings (SSSR count). The van der Waals surface area contributed by atoms with Crippen molar-refractivity contribution in [2.75, 3.05) is 13.1 Å². The van der Waals surface area contributed by atoms with E-state index in [-0.39, 0.29) is 22.9 Å². The summed E-state index contributed by atoms with van der Waals surface area (Å²) in [6, 6.07) is 3.86. The van der Waals surface area contributed by atoms with Gasteiger partial charge in [0.05, 0.1) is 17.5 Å². The molecule has 3 heterocycles. The third-order valence-electron chi connectivity index (χ3n) is 7.45. The van der Waals surface area contributed by atoms with E-state index in [9.17, 15) is 18.4 Å². The number of aromatic nitrogens is 3. The Kier molecular flexibility index (Phi) is 7.77. The van der Waals surface area contributed by atoms with Crippen molar-refractivity contribution in [3.8, 4) is 11.3 Å². The minimum atomic E-state index is -0.823. The second-order valence-electron chi connectivity index (χ2n) is 9.98. The quantitative estimate of drug-likeness (QED) is 0.476. The normalized spacial score (nSPS) is 21.7. The van der Waals surface area contributed by atoms with Crippen LogP contribution in [-0.4, -0.2) is 57.2 Å². The summed E-state index contributed by atoms with van der Waals surface area (Å²) in [6.07, 6.45) is 7.58. The lowest BCUT2D eigenvalue weighted by molar-refractivity contribution is -0.128. The SMILES string of the molecule is C[C@@H](NC(=O)[C@H]1CN(C2CCCCC2)CC[C@@H]1NC(=O)c1cc(-c2ccc(F)cc2F)on1)c1ncon1. The van der Waals surface area contributed by atoms with Gasteiger partial charge >= 0.3 is 0 Å². The zero-order valence-corrected chi connectivity index (χ0v) is 21.0. The second-order valence-corrected chi connectivity index (χ2v) is 9.98. The first-order valence-electron chi connectivity index (χ1n) is 12.9. The molecule has 0 radical (unpaired) electrons. The summed E-state index contributed by atoms with van der Waals surface area (Å²) >= 11 is 0. The van der Waals surface area contributed by atoms with Gasteiger partial charge in [0.25, 0.3) is 5.91 Å². The van der Waals surface area contributed by atoms with Gasteiger partial charge in [0.2, 0.25) is 12.3 Å². The molecule has 1 saturated carbocycles. The molecule has 1 aliphatic carbocycles. The second kappa shape index (κ2) is 11.4. The largest absolute Gasteiger partial charge is 0.355 e. The van der Waals surface area contributed by atoms with Crippen LogP contribution in [0.25, 0.3) is 11.3 Å². The van der Waals surface area contributed by atoms with Crippen LogP contribution in [0.5, 0.6) is 0 Å². The van der Waals surface area contributed by atoms with Crippen LogP contribution in [-0.2, 0) is 4.79 Å². The lowest BCUT2D eigenvalue weighted by Crippen LogP contribution is -2.58. The summed E-state index contributed by atoms with van der Waals surface area (Å²) in [7, 11) is 0. The number of hydrogen-bond acceptors (Lipinski definition) is 8. The summed E-state index contributed by atoms with van der Waals surface area (Å²) in [5.74, 6) is -2.46. The standard InChI is InChI=1S/C26H30F2N6O4/c1-15(24-29-14-37-33-24)30-25(35)19-13-34(17-5-3-2-4-6-17)10-9-21(19)31-26(36)22-12-23(38-32-22)18-8-7-16(27)11-20(18)28/h7-8,11-12,14-15,17,19,21H,2-6,9-10,13H2,1H3,(H,30,35)(H,31,36)/t15-,19+,21+/m1/s1. The van der Waals surface area contributed by atoms with E-state index in [4.69, 9.17) is 9.05 Å². The van der Waals surface area contributed by atoms with Crippen LogP contribution in [0, 0.1) is 17.6 Å². The minimum absolute atomic E-state index is 0.00278. The molecule has 202 valence electrons. The number of carbonyl (C=O) groups excluding carboxylic acids is 2. The van der Waals surface area contributed by atoms with Crippen molar-refractivity contribution in [1.82, 2.24) is 30.8 Å². The van der Waals surface area contributed by atoms with Crippen molar-refractivity contribution < 1.29 is 27.4 Å². The number of piperidine rings is 1. The summed E-state index contributed by atoms with van der Waals surface area (Å²) in [4.78, 5) is 32.9. The van der Waals surface area contributed by atoms with Gasteiger partial charge in [-0.15, -0.1) is 0 Å². The van der Waals surface area contributed by atoms with Crippen molar-refractivity contribution in [2.24, 2.45) is 5.92 Å². The van der Waals surface area contributed by atoms with Crippen molar-refractivity contribution >= 4 is 11.8 Å². The third kappa shape index (κ3) is 5.74. The van der Waals surface area contributed by atoms with E-state index in [1.165, 1.54) is 37.8 Å². The maximum Gasteiger partial charge on any atom is 0.273 e. The number of nitrogens with one attached hydrogen (secondary N) is 2. The van der Waals surface area contributed by atoms with Gasteiger partial charge < -0.3 is 19.7 Å². The molecule has 2 aliphatic rings. The van der Waals surface area contributed by atoms with Crippen LogP contribution in [0.1, 0.15) is 67.8 Å². The molecular formula is C26H30F2N6O4. The van der Waals surface area contributed by atoms with Gasteiger partial charge in [-0.25, -0.2) is 8.78 Å². The number of nitrogens with zero attached hydrogens (tertiary/aromatic N) is 4. The molecule has 1 aromatic carbocycles. The average molecular weight is 529 g/mol. The Labute approximate surface area is 218 Å². The summed E-state index contributed by atoms with van der Waals surface area (Å²) < 4.78 is 37.4. The molecule has 1 aliphatic heterocycles. The van der Waals surface area contributed by atoms with Crippen LogP contribution >= 0.6 is 0 Å². The van der Waals surface area contributed by atoms with Crippen LogP contribution < -0.4 is 10.6 Å². The highest BCUT2D eigenvalue weighted by Gasteiger charge is 2.38. The first kappa shape index (κ1) is 26.0. The van der Waals surface area contributed by atoms with Gasteiger partial charge in [0.1, 0.15) is 11.6 Å². The molecule has 12 heteroatoms. The van der Waals surface area contributed by atoms with Crippen molar-refractivity contribution in [3.63, 3.8) is 0 Å². The zero-order valence-electron chi connectivity index (χ0n) is 21.0. The molecule has 0 unspecified atom stereocenters. The van der Waals surface area contributed by atoms with E-state index in [0.29, 0.717) is 24.8 Å². The van der Waals surface area contributed by atoms with E-state index in [1.54, 1.807) is 6.92 Å². The number of rotatable bonds is 7. The molecule has 2 fully saturated rings. The highest BCUT2D eigenvalue weighted by atomic mass is 19.1. The van der Waals surface area contributed by atoms with Gasteiger partial charge in [0.15, 0.2) is 17.3 Å². The highest BCUT2D eigenvalue weighted by Crippen LogP contribution is 2.29. The lowest BCUT2D eigenvalue weighted by Gasteiger charge is -2.43. The molecule has 0 bridgehead atoms. The zero-order chi connectivity index (χ0) is 26.6. The molecule has 38 heavy (non-hydrogen) atoms. The first-order valence-corrected chi connectivity index (χ1v) is 12.9. The van der Waals surface area contributed by atoms with Crippen LogP contribution in [0.15, 0.2) is 39.7 Å². The van der Waals surface area contributed by atoms with Crippen LogP contribution in [0.2, 0.25) is 0 Å². The number of halogens is 2. The Morgan fingerprint density at radius 3 is 2.66 bits per heavy atom. The first-order chi connectivity index (χ1) is 18.4. The van der Waals surface area contributed by atoms with Gasteiger partial charge in [-0.05, 0) is 38.3 Å². The Morgan fingerprint density at radius 2 is 1.92 bits per heavy atom. The third-order valence-corrected chi connectivity index (χ3v) is 7.45. The molecule has 10 nitrogen and oxygen atoms in total. The molecule has 2 amide bonds. The Balaban J connectivity index is 1.30. The van der Waals surface area contributed by atoms with E-state index < -0.39 is 35.5 Å². The van der Waals surface area contributed by atoms with Crippen LogP contribution in [0.3, 0.4) is 0 Å². The molecule has 0 spiro atoms. The Bertz CT molecular complexity index is 1260. The predicted molar refractivity (Wildman–Crippen MR) is 131 cm³/mol. The molecule has 3 aromatic rings. The Hall–Kier alpha value is -3.67. The van der Waals surface area contributed by atoms with Crippen LogP contribution in [0.4, 0.5) is 8.78 Å². The van der Waals surface area contributed by atoms with Gasteiger partial charge in [-0.3, -0.25) is 14.5 Å². The average Bonchev–Trinajstić information content (AvgIpc) is 3.63. The topological polar surface area (TPSA) is 126 Å². The van der Waals surface area contributed by atoms with Crippen molar-refractivity contribution in [3.05, 3.63) is 53.8 Å². The lowest BCUT2D eigenvalue weighted by atomic mass is 9.86. The smallest absolute Gasteiger partial charge is 0.273 e. The molecular weight excluding hydrogens is 498 g/mol. The molecule has 2 aromatic heterocycles. The summed E-state index contributed by atoms with van der Waals surface area (Å²) in [6.45, 7) is 3.03. The van der Waals surface area contributed by atoms with E-state index >= 15 is 0 Å². The fraction of sp³-hybridized carbons (Fsp3) is 0.500. The Morgan fingerprint density at radius 1 is 1.11 bits per heavy atom. The van der Waals surface area contributed by atoms with Crippen molar-refractivity contribution in [2.45, 2.75) is 63.6 Å². The molecule has 1 saturated heterocycles. The monoisotopic (exact) mass is 528 g/mol. The van der Waals surface area contributed by atoms with E-state index in [0.717, 1.165) is 31.5 Å². The number of benzene rings is 1. The molecule has 3 atom stereocenters. The molecule has 2 N–H and O–H groups in total. The minimum Gasteiger partial charge on any atom is -0.355 e.